The second-order valence-electron chi connectivity index (χ2n) is 7.05. The molecule has 0 unspecified atom stereocenters. The van der Waals surface area contributed by atoms with Crippen molar-refractivity contribution in [3.63, 3.8) is 0 Å². The Hall–Kier alpha value is -3.24. The minimum Gasteiger partial charge on any atom is -0.326 e. The summed E-state index contributed by atoms with van der Waals surface area (Å²) >= 11 is 12.3. The quantitative estimate of drug-likeness (QED) is 0.412. The van der Waals surface area contributed by atoms with Gasteiger partial charge in [-0.2, -0.15) is 5.10 Å². The molecule has 0 aliphatic heterocycles. The van der Waals surface area contributed by atoms with Gasteiger partial charge in [0.1, 0.15) is 4.90 Å². The molecular weight excluding hydrogens is 485 g/mol. The Morgan fingerprint density at radius 3 is 2.55 bits per heavy atom. The maximum Gasteiger partial charge on any atom is 0.240 e. The Kier molecular flexibility index (Phi) is 6.48. The number of nitrogens with two attached hydrogens (primary N) is 1. The molecule has 3 N–H and O–H groups in total. The van der Waals surface area contributed by atoms with Gasteiger partial charge in [-0.1, -0.05) is 41.4 Å². The van der Waals surface area contributed by atoms with E-state index in [9.17, 15) is 13.2 Å². The van der Waals surface area contributed by atoms with Gasteiger partial charge in [-0.05, 0) is 42.0 Å². The van der Waals surface area contributed by atoms with Crippen LogP contribution in [0.4, 0.5) is 5.69 Å². The summed E-state index contributed by atoms with van der Waals surface area (Å²) in [4.78, 5) is 16.5. The number of benzene rings is 2. The molecule has 2 aromatic carbocycles. The fourth-order valence-electron chi connectivity index (χ4n) is 3.20. The van der Waals surface area contributed by atoms with E-state index in [4.69, 9.17) is 28.3 Å². The number of anilines is 1. The van der Waals surface area contributed by atoms with Gasteiger partial charge in [0, 0.05) is 28.7 Å². The van der Waals surface area contributed by atoms with Gasteiger partial charge in [0.25, 0.3) is 0 Å². The zero-order valence-electron chi connectivity index (χ0n) is 16.9. The molecule has 2 aromatic heterocycles. The number of hydrogen-bond acceptors (Lipinski definition) is 5. The first-order valence-corrected chi connectivity index (χ1v) is 11.9. The summed E-state index contributed by atoms with van der Waals surface area (Å²) < 4.78 is 26.0. The zero-order chi connectivity index (χ0) is 23.6. The maximum absolute atomic E-state index is 12.5. The minimum atomic E-state index is -4.14. The highest BCUT2D eigenvalue weighted by molar-refractivity contribution is 7.89. The lowest BCUT2D eigenvalue weighted by atomic mass is 10.1. The number of pyridine rings is 1. The molecule has 0 radical (unpaired) electrons. The van der Waals surface area contributed by atoms with Crippen LogP contribution >= 0.6 is 23.2 Å². The summed E-state index contributed by atoms with van der Waals surface area (Å²) in [6.45, 7) is 0. The fourth-order valence-corrected chi connectivity index (χ4v) is 4.38. The number of amides is 1. The molecule has 11 heteroatoms. The molecule has 168 valence electrons. The summed E-state index contributed by atoms with van der Waals surface area (Å²) in [6, 6.07) is 14.7. The first-order valence-electron chi connectivity index (χ1n) is 9.58. The van der Waals surface area contributed by atoms with Crippen molar-refractivity contribution < 1.29 is 13.2 Å². The molecule has 0 aliphatic rings. The number of nitrogens with zero attached hydrogens (tertiary/aromatic N) is 3. The lowest BCUT2D eigenvalue weighted by Gasteiger charge is -2.12. The molecule has 0 spiro atoms. The van der Waals surface area contributed by atoms with Crippen molar-refractivity contribution in [3.05, 3.63) is 88.8 Å². The number of rotatable bonds is 6. The number of sulfonamides is 1. The van der Waals surface area contributed by atoms with Crippen LogP contribution in [0.2, 0.25) is 10.0 Å². The minimum absolute atomic E-state index is 0.0273. The summed E-state index contributed by atoms with van der Waals surface area (Å²) in [5.41, 5.74) is 2.22. The highest BCUT2D eigenvalue weighted by atomic mass is 35.5. The molecule has 0 bridgehead atoms. The van der Waals surface area contributed by atoms with E-state index in [-0.39, 0.29) is 28.6 Å². The summed E-state index contributed by atoms with van der Waals surface area (Å²) in [5, 5.41) is 13.2. The van der Waals surface area contributed by atoms with E-state index < -0.39 is 10.0 Å². The number of halogens is 2. The van der Waals surface area contributed by atoms with Gasteiger partial charge in [0.05, 0.1) is 29.0 Å². The van der Waals surface area contributed by atoms with E-state index in [0.29, 0.717) is 26.9 Å². The first kappa shape index (κ1) is 22.9. The number of carbonyl (C=O) groups excluding carboxylic acids is 1. The van der Waals surface area contributed by atoms with Crippen molar-refractivity contribution >= 4 is 44.8 Å². The molecule has 0 aliphatic carbocycles. The molecule has 8 nitrogen and oxygen atoms in total. The van der Waals surface area contributed by atoms with E-state index in [2.05, 4.69) is 15.4 Å². The molecule has 33 heavy (non-hydrogen) atoms. The van der Waals surface area contributed by atoms with Crippen LogP contribution in [0.15, 0.2) is 78.1 Å². The second kappa shape index (κ2) is 9.32. The Bertz CT molecular complexity index is 1450. The van der Waals surface area contributed by atoms with E-state index in [0.717, 1.165) is 0 Å². The van der Waals surface area contributed by atoms with Crippen LogP contribution in [0.3, 0.4) is 0 Å². The van der Waals surface area contributed by atoms with Crippen molar-refractivity contribution in [2.24, 2.45) is 5.14 Å². The first-order chi connectivity index (χ1) is 15.7. The van der Waals surface area contributed by atoms with E-state index >= 15 is 0 Å². The standard InChI is InChI=1S/C22H17Cl2N5O3S/c23-17-5-2-1-4-14(17)10-21(30)28-16-7-8-19(20(11-16)33(25,31)32)29-13-15(12-27-29)22-18(24)6-3-9-26-22/h1-9,11-13H,10H2,(H,28,30)(H2,25,31,32). The number of nitrogens with one attached hydrogen (secondary N) is 1. The highest BCUT2D eigenvalue weighted by Gasteiger charge is 2.19. The van der Waals surface area contributed by atoms with Crippen LogP contribution in [0, 0.1) is 0 Å². The highest BCUT2D eigenvalue weighted by Crippen LogP contribution is 2.28. The molecule has 0 saturated carbocycles. The van der Waals surface area contributed by atoms with Crippen molar-refractivity contribution in [1.29, 1.82) is 0 Å². The predicted octanol–water partition coefficient (Wildman–Crippen LogP) is 4.07. The van der Waals surface area contributed by atoms with Crippen LogP contribution in [0.1, 0.15) is 5.56 Å². The van der Waals surface area contributed by atoms with Crippen LogP contribution in [0.5, 0.6) is 0 Å². The average molecular weight is 502 g/mol. The molecule has 0 atom stereocenters. The average Bonchev–Trinajstić information content (AvgIpc) is 3.25. The van der Waals surface area contributed by atoms with Gasteiger partial charge in [0.15, 0.2) is 0 Å². The summed E-state index contributed by atoms with van der Waals surface area (Å²) in [7, 11) is -4.14. The van der Waals surface area contributed by atoms with Gasteiger partial charge in [-0.15, -0.1) is 0 Å². The van der Waals surface area contributed by atoms with Crippen molar-refractivity contribution in [2.75, 3.05) is 5.32 Å². The Labute approximate surface area is 200 Å². The molecule has 2 heterocycles. The summed E-state index contributed by atoms with van der Waals surface area (Å²) in [5.74, 6) is -0.359. The molecule has 4 rings (SSSR count). The number of aromatic nitrogens is 3. The SMILES string of the molecule is NS(=O)(=O)c1cc(NC(=O)Cc2ccccc2Cl)ccc1-n1cc(-c2ncccc2Cl)cn1. The Balaban J connectivity index is 1.64. The largest absolute Gasteiger partial charge is 0.326 e. The molecule has 4 aromatic rings. The second-order valence-corrected chi connectivity index (χ2v) is 9.40. The van der Waals surface area contributed by atoms with Gasteiger partial charge in [0.2, 0.25) is 15.9 Å². The normalized spacial score (nSPS) is 11.4. The van der Waals surface area contributed by atoms with Crippen LogP contribution < -0.4 is 10.5 Å². The number of carbonyl (C=O) groups is 1. The smallest absolute Gasteiger partial charge is 0.240 e. The topological polar surface area (TPSA) is 120 Å². The third kappa shape index (κ3) is 5.23. The van der Waals surface area contributed by atoms with Crippen LogP contribution in [-0.4, -0.2) is 29.1 Å². The van der Waals surface area contributed by atoms with Gasteiger partial charge in [-0.25, -0.2) is 18.2 Å². The Morgan fingerprint density at radius 1 is 1.06 bits per heavy atom. The van der Waals surface area contributed by atoms with Gasteiger partial charge < -0.3 is 5.32 Å². The van der Waals surface area contributed by atoms with Crippen molar-refractivity contribution in [2.45, 2.75) is 11.3 Å². The zero-order valence-corrected chi connectivity index (χ0v) is 19.3. The van der Waals surface area contributed by atoms with Crippen molar-refractivity contribution in [1.82, 2.24) is 14.8 Å². The van der Waals surface area contributed by atoms with E-state index in [1.54, 1.807) is 54.9 Å². The maximum atomic E-state index is 12.5. The lowest BCUT2D eigenvalue weighted by molar-refractivity contribution is -0.115. The third-order valence-electron chi connectivity index (χ3n) is 4.72. The van der Waals surface area contributed by atoms with Crippen LogP contribution in [-0.2, 0) is 21.2 Å². The molecule has 0 saturated heterocycles. The fraction of sp³-hybridized carbons (Fsp3) is 0.0455. The third-order valence-corrected chi connectivity index (χ3v) is 6.33. The monoisotopic (exact) mass is 501 g/mol. The number of hydrogen-bond donors (Lipinski definition) is 2. The van der Waals surface area contributed by atoms with E-state index in [1.165, 1.54) is 23.0 Å². The van der Waals surface area contributed by atoms with Gasteiger partial charge >= 0.3 is 0 Å². The van der Waals surface area contributed by atoms with Gasteiger partial charge in [-0.3, -0.25) is 9.78 Å². The summed E-state index contributed by atoms with van der Waals surface area (Å²) in [6.07, 6.45) is 4.72. The van der Waals surface area contributed by atoms with E-state index in [1.807, 2.05) is 0 Å². The van der Waals surface area contributed by atoms with Crippen LogP contribution in [0.25, 0.3) is 16.9 Å². The predicted molar refractivity (Wildman–Crippen MR) is 127 cm³/mol. The van der Waals surface area contributed by atoms with Crippen molar-refractivity contribution in [3.8, 4) is 16.9 Å². The molecular formula is C22H17Cl2N5O3S. The Morgan fingerprint density at radius 2 is 1.82 bits per heavy atom. The molecule has 0 fully saturated rings. The molecule has 1 amide bonds. The lowest BCUT2D eigenvalue weighted by Crippen LogP contribution is -2.18. The number of primary sulfonamides is 1.